The molecule has 0 aliphatic heterocycles. The summed E-state index contributed by atoms with van der Waals surface area (Å²) in [4.78, 5) is 40.4. The lowest BCUT2D eigenvalue weighted by molar-refractivity contribution is -0.158. The minimum Gasteiger partial charge on any atom is -0.465 e. The van der Waals surface area contributed by atoms with Gasteiger partial charge in [0.05, 0.1) is 13.2 Å². The molecular formula is C15H19NO5. The van der Waals surface area contributed by atoms with Crippen LogP contribution in [-0.2, 0) is 19.1 Å². The van der Waals surface area contributed by atoms with Gasteiger partial charge in [-0.15, -0.1) is 0 Å². The van der Waals surface area contributed by atoms with Gasteiger partial charge in [-0.05, 0) is 39.8 Å². The van der Waals surface area contributed by atoms with Crippen LogP contribution in [0, 0.1) is 19.8 Å². The Kier molecular flexibility index (Phi) is 6.02. The van der Waals surface area contributed by atoms with Gasteiger partial charge in [0, 0.05) is 17.0 Å². The van der Waals surface area contributed by atoms with E-state index in [1.807, 2.05) is 0 Å². The zero-order valence-electron chi connectivity index (χ0n) is 12.6. The van der Waals surface area contributed by atoms with Crippen LogP contribution in [0.25, 0.3) is 0 Å². The molecule has 114 valence electrons. The van der Waals surface area contributed by atoms with Crippen molar-refractivity contribution in [2.24, 2.45) is 5.92 Å². The first-order valence-corrected chi connectivity index (χ1v) is 6.73. The number of pyridine rings is 1. The Morgan fingerprint density at radius 3 is 1.81 bits per heavy atom. The Morgan fingerprint density at radius 2 is 1.43 bits per heavy atom. The summed E-state index contributed by atoms with van der Waals surface area (Å²) in [6, 6.07) is 3.06. The number of aromatic nitrogens is 1. The number of aryl methyl sites for hydroxylation is 2. The van der Waals surface area contributed by atoms with Gasteiger partial charge >= 0.3 is 11.9 Å². The van der Waals surface area contributed by atoms with Crippen molar-refractivity contribution < 1.29 is 23.9 Å². The Balaban J connectivity index is 3.15. The zero-order chi connectivity index (χ0) is 16.0. The fraction of sp³-hybridized carbons (Fsp3) is 0.467. The number of esters is 2. The van der Waals surface area contributed by atoms with Crippen molar-refractivity contribution in [1.82, 2.24) is 4.98 Å². The molecule has 1 aromatic rings. The molecule has 0 saturated carbocycles. The fourth-order valence-corrected chi connectivity index (χ4v) is 1.90. The van der Waals surface area contributed by atoms with Gasteiger partial charge in [-0.2, -0.15) is 0 Å². The first-order chi connectivity index (χ1) is 9.90. The molecule has 1 aromatic heterocycles. The maximum Gasteiger partial charge on any atom is 0.328 e. The fourth-order valence-electron chi connectivity index (χ4n) is 1.90. The van der Waals surface area contributed by atoms with E-state index in [0.29, 0.717) is 11.4 Å². The Labute approximate surface area is 123 Å². The van der Waals surface area contributed by atoms with Crippen LogP contribution in [0.1, 0.15) is 35.6 Å². The summed E-state index contributed by atoms with van der Waals surface area (Å²) in [6.07, 6.45) is 0. The van der Waals surface area contributed by atoms with Gasteiger partial charge < -0.3 is 9.47 Å². The maximum absolute atomic E-state index is 12.5. The smallest absolute Gasteiger partial charge is 0.328 e. The highest BCUT2D eigenvalue weighted by molar-refractivity contribution is 6.20. The largest absolute Gasteiger partial charge is 0.465 e. The summed E-state index contributed by atoms with van der Waals surface area (Å²) in [5.41, 5.74) is 1.50. The van der Waals surface area contributed by atoms with Gasteiger partial charge in [0.1, 0.15) is 0 Å². The lowest BCUT2D eigenvalue weighted by Gasteiger charge is -2.14. The molecule has 0 radical (unpaired) electrons. The third-order valence-electron chi connectivity index (χ3n) is 2.67. The number of ketones is 1. The van der Waals surface area contributed by atoms with Crippen LogP contribution in [0.5, 0.6) is 0 Å². The van der Waals surface area contributed by atoms with Gasteiger partial charge in [0.2, 0.25) is 5.92 Å². The third-order valence-corrected chi connectivity index (χ3v) is 2.67. The second-order valence-corrected chi connectivity index (χ2v) is 4.44. The molecule has 21 heavy (non-hydrogen) atoms. The molecule has 1 rings (SSSR count). The topological polar surface area (TPSA) is 82.6 Å². The summed E-state index contributed by atoms with van der Waals surface area (Å²) in [5.74, 6) is -4.02. The average Bonchev–Trinajstić information content (AvgIpc) is 2.38. The molecule has 0 fully saturated rings. The maximum atomic E-state index is 12.5. The van der Waals surface area contributed by atoms with E-state index in [9.17, 15) is 14.4 Å². The monoisotopic (exact) mass is 293 g/mol. The normalized spacial score (nSPS) is 10.3. The van der Waals surface area contributed by atoms with Crippen molar-refractivity contribution in [2.75, 3.05) is 13.2 Å². The third kappa shape index (κ3) is 4.37. The summed E-state index contributed by atoms with van der Waals surface area (Å²) in [5, 5.41) is 0. The predicted molar refractivity (Wildman–Crippen MR) is 74.8 cm³/mol. The SMILES string of the molecule is CCOC(=O)C(C(=O)OCC)C(=O)c1cc(C)nc(C)c1. The summed E-state index contributed by atoms with van der Waals surface area (Å²) in [7, 11) is 0. The van der Waals surface area contributed by atoms with Crippen LogP contribution < -0.4 is 0 Å². The Morgan fingerprint density at radius 1 is 1.00 bits per heavy atom. The number of carbonyl (C=O) groups excluding carboxylic acids is 3. The highest BCUT2D eigenvalue weighted by Gasteiger charge is 2.37. The predicted octanol–water partition coefficient (Wildman–Crippen LogP) is 1.62. The number of hydrogen-bond donors (Lipinski definition) is 0. The van der Waals surface area contributed by atoms with Crippen LogP contribution in [0.4, 0.5) is 0 Å². The Bertz CT molecular complexity index is 515. The van der Waals surface area contributed by atoms with E-state index in [4.69, 9.17) is 9.47 Å². The second-order valence-electron chi connectivity index (χ2n) is 4.44. The Hall–Kier alpha value is -2.24. The van der Waals surface area contributed by atoms with E-state index >= 15 is 0 Å². The zero-order valence-corrected chi connectivity index (χ0v) is 12.6. The van der Waals surface area contributed by atoms with E-state index in [2.05, 4.69) is 4.98 Å². The lowest BCUT2D eigenvalue weighted by Crippen LogP contribution is -2.35. The number of carbonyl (C=O) groups is 3. The van der Waals surface area contributed by atoms with Crippen molar-refractivity contribution >= 4 is 17.7 Å². The number of hydrogen-bond acceptors (Lipinski definition) is 6. The van der Waals surface area contributed by atoms with Crippen molar-refractivity contribution in [3.8, 4) is 0 Å². The van der Waals surface area contributed by atoms with Crippen LogP contribution in [0.15, 0.2) is 12.1 Å². The van der Waals surface area contributed by atoms with Crippen LogP contribution in [0.3, 0.4) is 0 Å². The lowest BCUT2D eigenvalue weighted by atomic mass is 9.97. The van der Waals surface area contributed by atoms with Crippen molar-refractivity contribution in [3.05, 3.63) is 29.1 Å². The van der Waals surface area contributed by atoms with Crippen molar-refractivity contribution in [1.29, 1.82) is 0 Å². The molecule has 6 nitrogen and oxygen atoms in total. The molecule has 0 aromatic carbocycles. The van der Waals surface area contributed by atoms with E-state index in [1.54, 1.807) is 27.7 Å². The molecule has 1 heterocycles. The van der Waals surface area contributed by atoms with E-state index < -0.39 is 23.6 Å². The number of Topliss-reactive ketones (excluding diaryl/α,β-unsaturated/α-hetero) is 1. The first-order valence-electron chi connectivity index (χ1n) is 6.73. The van der Waals surface area contributed by atoms with Gasteiger partial charge in [0.25, 0.3) is 0 Å². The van der Waals surface area contributed by atoms with Crippen LogP contribution >= 0.6 is 0 Å². The van der Waals surface area contributed by atoms with E-state index in [-0.39, 0.29) is 18.8 Å². The summed E-state index contributed by atoms with van der Waals surface area (Å²) < 4.78 is 9.60. The number of ether oxygens (including phenoxy) is 2. The molecule has 6 heteroatoms. The molecule has 0 bridgehead atoms. The molecule has 0 aliphatic rings. The quantitative estimate of drug-likeness (QED) is 0.450. The highest BCUT2D eigenvalue weighted by Crippen LogP contribution is 2.15. The average molecular weight is 293 g/mol. The van der Waals surface area contributed by atoms with Crippen LogP contribution in [-0.4, -0.2) is 35.9 Å². The minimum atomic E-state index is -1.59. The van der Waals surface area contributed by atoms with Crippen molar-refractivity contribution in [3.63, 3.8) is 0 Å². The molecule has 0 saturated heterocycles. The minimum absolute atomic E-state index is 0.0798. The first kappa shape index (κ1) is 16.8. The standard InChI is InChI=1S/C15H19NO5/c1-5-20-14(18)12(15(19)21-6-2)13(17)11-7-9(3)16-10(4)8-11/h7-8,12H,5-6H2,1-4H3. The second kappa shape index (κ2) is 7.52. The molecule has 0 unspecified atom stereocenters. The van der Waals surface area contributed by atoms with Gasteiger partial charge in [-0.3, -0.25) is 19.4 Å². The molecule has 0 N–H and O–H groups in total. The molecule has 0 atom stereocenters. The van der Waals surface area contributed by atoms with Crippen LogP contribution in [0.2, 0.25) is 0 Å². The number of nitrogens with zero attached hydrogens (tertiary/aromatic N) is 1. The van der Waals surface area contributed by atoms with Gasteiger partial charge in [-0.25, -0.2) is 0 Å². The molecular weight excluding hydrogens is 274 g/mol. The summed E-state index contributed by atoms with van der Waals surface area (Å²) >= 11 is 0. The van der Waals surface area contributed by atoms with E-state index in [1.165, 1.54) is 12.1 Å². The molecule has 0 aliphatic carbocycles. The molecule has 0 amide bonds. The van der Waals surface area contributed by atoms with Gasteiger partial charge in [0.15, 0.2) is 5.78 Å². The summed E-state index contributed by atoms with van der Waals surface area (Å²) in [6.45, 7) is 6.82. The van der Waals surface area contributed by atoms with E-state index in [0.717, 1.165) is 0 Å². The highest BCUT2D eigenvalue weighted by atomic mass is 16.6. The molecule has 0 spiro atoms. The number of rotatable bonds is 6. The van der Waals surface area contributed by atoms with Gasteiger partial charge in [-0.1, -0.05) is 0 Å². The van der Waals surface area contributed by atoms with Crippen molar-refractivity contribution in [2.45, 2.75) is 27.7 Å².